The molecule has 2 aliphatic carbocycles. The zero-order valence-corrected chi connectivity index (χ0v) is 31.9. The van der Waals surface area contributed by atoms with Gasteiger partial charge < -0.3 is 9.47 Å². The Hall–Kier alpha value is -7.16. The number of hydrogen-bond donors (Lipinski definition) is 0. The molecule has 268 valence electrons. The fourth-order valence-electron chi connectivity index (χ4n) is 9.99. The Morgan fingerprint density at radius 3 is 1.89 bits per heavy atom. The van der Waals surface area contributed by atoms with Gasteiger partial charge in [-0.05, 0) is 121 Å². The molecule has 0 atom stereocenters. The molecule has 0 aliphatic heterocycles. The number of anilines is 3. The summed E-state index contributed by atoms with van der Waals surface area (Å²) in [5.74, 6) is 0. The van der Waals surface area contributed by atoms with E-state index in [4.69, 9.17) is 0 Å². The minimum absolute atomic E-state index is 0.0912. The van der Waals surface area contributed by atoms with E-state index in [1.807, 2.05) is 0 Å². The summed E-state index contributed by atoms with van der Waals surface area (Å²) < 4.78 is 2.46. The van der Waals surface area contributed by atoms with Crippen molar-refractivity contribution in [1.82, 2.24) is 4.57 Å². The summed E-state index contributed by atoms with van der Waals surface area (Å²) in [7, 11) is 0. The molecule has 2 heteroatoms. The summed E-state index contributed by atoms with van der Waals surface area (Å²) in [4.78, 5) is 2.42. The molecule has 1 aromatic heterocycles. The molecule has 0 radical (unpaired) electrons. The average molecular weight is 727 g/mol. The molecule has 10 aromatic rings. The first kappa shape index (κ1) is 32.1. The maximum atomic E-state index is 2.46. The first-order valence-corrected chi connectivity index (χ1v) is 19.9. The van der Waals surface area contributed by atoms with Crippen molar-refractivity contribution in [2.24, 2.45) is 0 Å². The van der Waals surface area contributed by atoms with Gasteiger partial charge >= 0.3 is 0 Å². The lowest BCUT2D eigenvalue weighted by molar-refractivity contribution is 0.660. The third kappa shape index (κ3) is 4.65. The van der Waals surface area contributed by atoms with Crippen molar-refractivity contribution in [1.29, 1.82) is 0 Å². The molecule has 0 spiro atoms. The number of fused-ring (bicyclic) bond motifs is 9. The van der Waals surface area contributed by atoms with Gasteiger partial charge in [-0.15, -0.1) is 0 Å². The lowest BCUT2D eigenvalue weighted by Gasteiger charge is -2.28. The van der Waals surface area contributed by atoms with Crippen molar-refractivity contribution in [2.45, 2.75) is 19.3 Å². The predicted octanol–water partition coefficient (Wildman–Crippen LogP) is 15.0. The normalized spacial score (nSPS) is 13.2. The number of aromatic nitrogens is 1. The maximum Gasteiger partial charge on any atom is 0.0626 e. The monoisotopic (exact) mass is 726 g/mol. The molecular formula is C55H38N2. The molecular weight excluding hydrogens is 689 g/mol. The maximum absolute atomic E-state index is 2.46. The van der Waals surface area contributed by atoms with Crippen LogP contribution in [0.5, 0.6) is 0 Å². The van der Waals surface area contributed by atoms with Gasteiger partial charge in [0.2, 0.25) is 0 Å². The largest absolute Gasteiger partial charge is 0.310 e. The van der Waals surface area contributed by atoms with Crippen LogP contribution >= 0.6 is 0 Å². The highest BCUT2D eigenvalue weighted by atomic mass is 15.1. The Morgan fingerprint density at radius 1 is 0.421 bits per heavy atom. The van der Waals surface area contributed by atoms with Crippen molar-refractivity contribution in [3.8, 4) is 50.3 Å². The lowest BCUT2D eigenvalue weighted by Crippen LogP contribution is -2.16. The lowest BCUT2D eigenvalue weighted by atomic mass is 9.82. The second kappa shape index (κ2) is 11.9. The third-order valence-corrected chi connectivity index (χ3v) is 12.7. The van der Waals surface area contributed by atoms with Crippen LogP contribution in [0.15, 0.2) is 194 Å². The van der Waals surface area contributed by atoms with E-state index >= 15 is 0 Å². The molecule has 0 N–H and O–H groups in total. The van der Waals surface area contributed by atoms with E-state index in [1.165, 1.54) is 93.9 Å². The molecule has 0 saturated carbocycles. The van der Waals surface area contributed by atoms with Crippen LogP contribution in [0.1, 0.15) is 25.0 Å². The van der Waals surface area contributed by atoms with Crippen molar-refractivity contribution >= 4 is 49.5 Å². The Kier molecular flexibility index (Phi) is 6.72. The van der Waals surface area contributed by atoms with Crippen LogP contribution in [0.25, 0.3) is 82.8 Å². The summed E-state index contributed by atoms with van der Waals surface area (Å²) >= 11 is 0. The van der Waals surface area contributed by atoms with E-state index in [0.717, 1.165) is 17.1 Å². The molecule has 0 bridgehead atoms. The summed E-state index contributed by atoms with van der Waals surface area (Å²) in [5.41, 5.74) is 18.8. The Morgan fingerprint density at radius 2 is 1.05 bits per heavy atom. The van der Waals surface area contributed by atoms with Crippen LogP contribution in [0.3, 0.4) is 0 Å². The molecule has 2 aliphatic rings. The zero-order chi connectivity index (χ0) is 37.8. The first-order chi connectivity index (χ1) is 28.0. The van der Waals surface area contributed by atoms with Gasteiger partial charge in [0.1, 0.15) is 0 Å². The van der Waals surface area contributed by atoms with Crippen molar-refractivity contribution in [2.75, 3.05) is 4.90 Å². The zero-order valence-electron chi connectivity index (χ0n) is 31.9. The van der Waals surface area contributed by atoms with Gasteiger partial charge in [-0.25, -0.2) is 0 Å². The molecule has 9 aromatic carbocycles. The third-order valence-electron chi connectivity index (χ3n) is 12.7. The number of rotatable bonds is 5. The smallest absolute Gasteiger partial charge is 0.0626 e. The van der Waals surface area contributed by atoms with E-state index in [1.54, 1.807) is 0 Å². The summed E-state index contributed by atoms with van der Waals surface area (Å²) in [5, 5.41) is 6.38. The molecule has 0 amide bonds. The van der Waals surface area contributed by atoms with E-state index < -0.39 is 0 Å². The number of nitrogens with zero attached hydrogens (tertiary/aromatic N) is 2. The highest BCUT2D eigenvalue weighted by Crippen LogP contribution is 2.54. The van der Waals surface area contributed by atoms with Crippen LogP contribution in [0.4, 0.5) is 17.1 Å². The van der Waals surface area contributed by atoms with Crippen molar-refractivity contribution < 1.29 is 0 Å². The molecule has 0 saturated heterocycles. The van der Waals surface area contributed by atoms with Gasteiger partial charge in [0.25, 0.3) is 0 Å². The van der Waals surface area contributed by atoms with E-state index in [2.05, 4.69) is 217 Å². The SMILES string of the molecule is CC1(C)c2ccccc2-c2ccc(N(c3ccc(-c4ccc5c(c4)c4c(n5-c5ccccc5)-c5cccc6cccc-4c56)cc3)c3ccc4ccccc4c3)cc21. The highest BCUT2D eigenvalue weighted by molar-refractivity contribution is 6.22. The Labute approximate surface area is 332 Å². The fourth-order valence-corrected chi connectivity index (χ4v) is 9.99. The van der Waals surface area contributed by atoms with Crippen LogP contribution in [0, 0.1) is 0 Å². The number of para-hydroxylation sites is 1. The molecule has 57 heavy (non-hydrogen) atoms. The average Bonchev–Trinajstić information content (AvgIpc) is 3.85. The standard InChI is InChI=1S/C55H38N2/c1-55(2)49-21-9-8-18-44(49)45-30-29-43(34-50(45)55)56(42-28-24-35-12-6-7-13-38(35)32-42)41-26-22-36(23-27-41)39-25-31-51-48(33-39)53-46-19-10-14-37-15-11-20-47(52(37)46)54(53)57(51)40-16-4-3-5-17-40/h3-34H,1-2H3. The summed E-state index contributed by atoms with van der Waals surface area (Å²) in [6.07, 6.45) is 0. The van der Waals surface area contributed by atoms with Crippen LogP contribution in [0.2, 0.25) is 0 Å². The summed E-state index contributed by atoms with van der Waals surface area (Å²) in [6, 6.07) is 71.8. The Balaban J connectivity index is 1.00. The fraction of sp³-hybridized carbons (Fsp3) is 0.0545. The first-order valence-electron chi connectivity index (χ1n) is 19.9. The van der Waals surface area contributed by atoms with Gasteiger partial charge in [0, 0.05) is 44.7 Å². The van der Waals surface area contributed by atoms with E-state index in [0.29, 0.717) is 0 Å². The van der Waals surface area contributed by atoms with Crippen LogP contribution in [-0.4, -0.2) is 4.57 Å². The quantitative estimate of drug-likeness (QED) is 0.171. The van der Waals surface area contributed by atoms with Gasteiger partial charge in [-0.3, -0.25) is 0 Å². The topological polar surface area (TPSA) is 8.17 Å². The van der Waals surface area contributed by atoms with Crippen molar-refractivity contribution in [3.05, 3.63) is 205 Å². The van der Waals surface area contributed by atoms with Gasteiger partial charge in [0.05, 0.1) is 11.2 Å². The Bertz CT molecular complexity index is 3250. The number of hydrogen-bond acceptors (Lipinski definition) is 1. The molecule has 12 rings (SSSR count). The molecule has 0 unspecified atom stereocenters. The second-order valence-corrected chi connectivity index (χ2v) is 16.1. The van der Waals surface area contributed by atoms with Gasteiger partial charge in [0.15, 0.2) is 0 Å². The molecule has 2 nitrogen and oxygen atoms in total. The summed E-state index contributed by atoms with van der Waals surface area (Å²) in [6.45, 7) is 4.71. The van der Waals surface area contributed by atoms with Crippen LogP contribution in [-0.2, 0) is 5.41 Å². The highest BCUT2D eigenvalue weighted by Gasteiger charge is 2.36. The second-order valence-electron chi connectivity index (χ2n) is 16.1. The molecule has 1 heterocycles. The van der Waals surface area contributed by atoms with Crippen LogP contribution < -0.4 is 4.90 Å². The van der Waals surface area contributed by atoms with E-state index in [9.17, 15) is 0 Å². The minimum atomic E-state index is -0.0912. The van der Waals surface area contributed by atoms with Gasteiger partial charge in [-0.2, -0.15) is 0 Å². The number of benzene rings is 9. The van der Waals surface area contributed by atoms with E-state index in [-0.39, 0.29) is 5.41 Å². The minimum Gasteiger partial charge on any atom is -0.310 e. The van der Waals surface area contributed by atoms with Gasteiger partial charge in [-0.1, -0.05) is 147 Å². The molecule has 0 fully saturated rings. The van der Waals surface area contributed by atoms with Crippen molar-refractivity contribution in [3.63, 3.8) is 0 Å². The predicted molar refractivity (Wildman–Crippen MR) is 240 cm³/mol.